The minimum Gasteiger partial charge on any atom is -0.396 e. The van der Waals surface area contributed by atoms with Crippen molar-refractivity contribution in [2.24, 2.45) is 0 Å². The minimum absolute atomic E-state index is 0.0481. The summed E-state index contributed by atoms with van der Waals surface area (Å²) >= 11 is 0. The van der Waals surface area contributed by atoms with Crippen LogP contribution in [-0.2, 0) is 10.0 Å². The van der Waals surface area contributed by atoms with Crippen LogP contribution in [0.3, 0.4) is 0 Å². The second-order valence-electron chi connectivity index (χ2n) is 4.36. The maximum Gasteiger partial charge on any atom is 0.246 e. The van der Waals surface area contributed by atoms with Crippen LogP contribution in [0.4, 0.5) is 8.78 Å². The highest BCUT2D eigenvalue weighted by atomic mass is 32.2. The number of hydrogen-bond acceptors (Lipinski definition) is 3. The lowest BCUT2D eigenvalue weighted by Gasteiger charge is -2.25. The Bertz CT molecular complexity index is 532. The molecule has 19 heavy (non-hydrogen) atoms. The Morgan fingerprint density at radius 2 is 1.95 bits per heavy atom. The first-order chi connectivity index (χ1) is 8.80. The molecule has 0 atom stereocenters. The molecule has 0 spiro atoms. The van der Waals surface area contributed by atoms with Crippen LogP contribution in [-0.4, -0.2) is 37.0 Å². The van der Waals surface area contributed by atoms with E-state index in [0.717, 1.165) is 16.4 Å². The summed E-state index contributed by atoms with van der Waals surface area (Å²) in [4.78, 5) is -0.681. The van der Waals surface area contributed by atoms with Gasteiger partial charge in [-0.05, 0) is 38.5 Å². The van der Waals surface area contributed by atoms with Gasteiger partial charge in [-0.15, -0.1) is 0 Å². The van der Waals surface area contributed by atoms with E-state index in [-0.39, 0.29) is 19.6 Å². The molecule has 0 aliphatic heterocycles. The van der Waals surface area contributed by atoms with Crippen LogP contribution in [0.1, 0.15) is 20.3 Å². The van der Waals surface area contributed by atoms with Crippen molar-refractivity contribution in [2.45, 2.75) is 31.2 Å². The molecule has 0 aliphatic carbocycles. The van der Waals surface area contributed by atoms with E-state index in [2.05, 4.69) is 0 Å². The van der Waals surface area contributed by atoms with E-state index < -0.39 is 32.6 Å². The number of sulfonamides is 1. The van der Waals surface area contributed by atoms with Crippen molar-refractivity contribution in [2.75, 3.05) is 13.2 Å². The summed E-state index contributed by atoms with van der Waals surface area (Å²) in [6.07, 6.45) is 0.231. The van der Waals surface area contributed by atoms with Crippen LogP contribution in [0.5, 0.6) is 0 Å². The summed E-state index contributed by atoms with van der Waals surface area (Å²) in [5, 5.41) is 8.78. The molecule has 1 aromatic carbocycles. The van der Waals surface area contributed by atoms with Gasteiger partial charge in [-0.1, -0.05) is 0 Å². The van der Waals surface area contributed by atoms with Crippen molar-refractivity contribution in [1.82, 2.24) is 4.31 Å². The van der Waals surface area contributed by atoms with Crippen LogP contribution < -0.4 is 0 Å². The molecular formula is C12H17F2NO3S. The van der Waals surface area contributed by atoms with E-state index in [1.54, 1.807) is 13.8 Å². The lowest BCUT2D eigenvalue weighted by molar-refractivity contribution is 0.258. The van der Waals surface area contributed by atoms with Gasteiger partial charge in [-0.2, -0.15) is 4.31 Å². The molecule has 0 heterocycles. The van der Waals surface area contributed by atoms with Gasteiger partial charge in [0.2, 0.25) is 10.0 Å². The van der Waals surface area contributed by atoms with Gasteiger partial charge in [-0.3, -0.25) is 0 Å². The number of benzene rings is 1. The second kappa shape index (κ2) is 6.40. The monoisotopic (exact) mass is 293 g/mol. The lowest BCUT2D eigenvalue weighted by Crippen LogP contribution is -2.38. The SMILES string of the molecule is CC(C)N(CCCO)S(=O)(=O)c1cc(F)ccc1F. The van der Waals surface area contributed by atoms with Crippen LogP contribution in [0.25, 0.3) is 0 Å². The molecule has 0 aromatic heterocycles. The Labute approximate surface area is 111 Å². The molecule has 0 radical (unpaired) electrons. The van der Waals surface area contributed by atoms with Crippen molar-refractivity contribution >= 4 is 10.0 Å². The van der Waals surface area contributed by atoms with Crippen molar-refractivity contribution < 1.29 is 22.3 Å². The van der Waals surface area contributed by atoms with E-state index in [0.29, 0.717) is 6.07 Å². The Kier molecular flexibility index (Phi) is 5.39. The molecule has 0 bridgehead atoms. The first kappa shape index (κ1) is 16.0. The molecule has 4 nitrogen and oxygen atoms in total. The lowest BCUT2D eigenvalue weighted by atomic mass is 10.3. The summed E-state index contributed by atoms with van der Waals surface area (Å²) in [6.45, 7) is 3.13. The molecule has 108 valence electrons. The van der Waals surface area contributed by atoms with Gasteiger partial charge >= 0.3 is 0 Å². The molecule has 0 fully saturated rings. The summed E-state index contributed by atoms with van der Waals surface area (Å²) < 4.78 is 52.3. The zero-order valence-corrected chi connectivity index (χ0v) is 11.6. The van der Waals surface area contributed by atoms with E-state index >= 15 is 0 Å². The standard InChI is InChI=1S/C12H17F2NO3S/c1-9(2)15(6-3-7-16)19(17,18)12-8-10(13)4-5-11(12)14/h4-5,8-9,16H,3,6-7H2,1-2H3. The van der Waals surface area contributed by atoms with Gasteiger partial charge in [0.15, 0.2) is 0 Å². The molecule has 0 saturated heterocycles. The predicted octanol–water partition coefficient (Wildman–Crippen LogP) is 1.75. The summed E-state index contributed by atoms with van der Waals surface area (Å²) in [7, 11) is -4.12. The minimum atomic E-state index is -4.12. The van der Waals surface area contributed by atoms with Crippen LogP contribution >= 0.6 is 0 Å². The van der Waals surface area contributed by atoms with E-state index in [9.17, 15) is 17.2 Å². The van der Waals surface area contributed by atoms with Gasteiger partial charge in [-0.25, -0.2) is 17.2 Å². The number of aliphatic hydroxyl groups is 1. The Morgan fingerprint density at radius 1 is 1.32 bits per heavy atom. The molecule has 1 rings (SSSR count). The summed E-state index contributed by atoms with van der Waals surface area (Å²) in [5.41, 5.74) is 0. The van der Waals surface area contributed by atoms with Crippen molar-refractivity contribution in [3.63, 3.8) is 0 Å². The fraction of sp³-hybridized carbons (Fsp3) is 0.500. The average molecular weight is 293 g/mol. The number of aliphatic hydroxyl groups excluding tert-OH is 1. The van der Waals surface area contributed by atoms with E-state index in [1.165, 1.54) is 0 Å². The highest BCUT2D eigenvalue weighted by Crippen LogP contribution is 2.22. The van der Waals surface area contributed by atoms with Gasteiger partial charge < -0.3 is 5.11 Å². The smallest absolute Gasteiger partial charge is 0.246 e. The first-order valence-corrected chi connectivity index (χ1v) is 7.32. The molecule has 7 heteroatoms. The zero-order chi connectivity index (χ0) is 14.6. The topological polar surface area (TPSA) is 57.6 Å². The summed E-state index contributed by atoms with van der Waals surface area (Å²) in [5.74, 6) is -1.80. The average Bonchev–Trinajstić information content (AvgIpc) is 2.32. The molecule has 1 aromatic rings. The Morgan fingerprint density at radius 3 is 2.47 bits per heavy atom. The summed E-state index contributed by atoms with van der Waals surface area (Å²) in [6, 6.07) is 1.90. The number of hydrogen-bond donors (Lipinski definition) is 1. The molecular weight excluding hydrogens is 276 g/mol. The largest absolute Gasteiger partial charge is 0.396 e. The quantitative estimate of drug-likeness (QED) is 0.869. The van der Waals surface area contributed by atoms with Crippen LogP contribution in [0, 0.1) is 11.6 Å². The van der Waals surface area contributed by atoms with Crippen LogP contribution in [0.2, 0.25) is 0 Å². The third-order valence-corrected chi connectivity index (χ3v) is 4.68. The number of nitrogens with zero attached hydrogens (tertiary/aromatic N) is 1. The van der Waals surface area contributed by atoms with Crippen molar-refractivity contribution in [3.05, 3.63) is 29.8 Å². The molecule has 0 unspecified atom stereocenters. The Balaban J connectivity index is 3.22. The molecule has 0 amide bonds. The predicted molar refractivity (Wildman–Crippen MR) is 67.1 cm³/mol. The number of rotatable bonds is 6. The van der Waals surface area contributed by atoms with E-state index in [1.807, 2.05) is 0 Å². The van der Waals surface area contributed by atoms with Crippen LogP contribution in [0.15, 0.2) is 23.1 Å². The fourth-order valence-corrected chi connectivity index (χ4v) is 3.44. The number of halogens is 2. The normalized spacial score (nSPS) is 12.4. The van der Waals surface area contributed by atoms with E-state index in [4.69, 9.17) is 5.11 Å². The van der Waals surface area contributed by atoms with Gasteiger partial charge in [0.05, 0.1) is 0 Å². The van der Waals surface area contributed by atoms with Gasteiger partial charge in [0.1, 0.15) is 16.5 Å². The third kappa shape index (κ3) is 3.71. The maximum atomic E-state index is 13.6. The highest BCUT2D eigenvalue weighted by Gasteiger charge is 2.29. The van der Waals surface area contributed by atoms with Gasteiger partial charge in [0, 0.05) is 19.2 Å². The molecule has 0 saturated carbocycles. The highest BCUT2D eigenvalue weighted by molar-refractivity contribution is 7.89. The fourth-order valence-electron chi connectivity index (χ4n) is 1.68. The molecule has 0 aliphatic rings. The first-order valence-electron chi connectivity index (χ1n) is 5.88. The van der Waals surface area contributed by atoms with Crippen molar-refractivity contribution in [1.29, 1.82) is 0 Å². The maximum absolute atomic E-state index is 13.6. The Hall–Kier alpha value is -1.05. The second-order valence-corrected chi connectivity index (χ2v) is 6.22. The van der Waals surface area contributed by atoms with Gasteiger partial charge in [0.25, 0.3) is 0 Å². The third-order valence-electron chi connectivity index (χ3n) is 2.59. The van der Waals surface area contributed by atoms with Crippen molar-refractivity contribution in [3.8, 4) is 0 Å². The zero-order valence-electron chi connectivity index (χ0n) is 10.8. The molecule has 1 N–H and O–H groups in total.